The molecule has 29 heavy (non-hydrogen) atoms. The second-order valence-corrected chi connectivity index (χ2v) is 6.89. The molecule has 0 aliphatic heterocycles. The molecule has 0 unspecified atom stereocenters. The number of fused-ring (bicyclic) bond motifs is 3. The molecule has 1 amide bonds. The van der Waals surface area contributed by atoms with E-state index in [9.17, 15) is 4.79 Å². The molecule has 1 N–H and O–H groups in total. The first-order valence-electron chi connectivity index (χ1n) is 9.46. The molecule has 148 valence electrons. The summed E-state index contributed by atoms with van der Waals surface area (Å²) in [5.41, 5.74) is 5.85. The third-order valence-corrected chi connectivity index (χ3v) is 5.08. The zero-order valence-corrected chi connectivity index (χ0v) is 16.7. The topological polar surface area (TPSA) is 64.9 Å². The number of anilines is 1. The van der Waals surface area contributed by atoms with E-state index in [1.807, 2.05) is 36.5 Å². The monoisotopic (exact) mass is 389 g/mol. The maximum absolute atomic E-state index is 11.6. The van der Waals surface area contributed by atoms with E-state index in [1.54, 1.807) is 7.11 Å². The molecule has 6 nitrogen and oxygen atoms in total. The first-order chi connectivity index (χ1) is 14.1. The second-order valence-electron chi connectivity index (χ2n) is 6.89. The van der Waals surface area contributed by atoms with E-state index in [-0.39, 0.29) is 0 Å². The summed E-state index contributed by atoms with van der Waals surface area (Å²) >= 11 is 0. The number of aryl methyl sites for hydroxylation is 1. The molecule has 0 fully saturated rings. The lowest BCUT2D eigenvalue weighted by atomic mass is 10.0. The number of carbonyl (C=O) groups is 1. The van der Waals surface area contributed by atoms with Crippen molar-refractivity contribution in [1.29, 1.82) is 0 Å². The molecule has 0 spiro atoms. The van der Waals surface area contributed by atoms with Gasteiger partial charge in [-0.1, -0.05) is 30.3 Å². The minimum absolute atomic E-state index is 0.499. The summed E-state index contributed by atoms with van der Waals surface area (Å²) in [6.07, 6.45) is 2.29. The number of methoxy groups -OCH3 is 2. The average molecular weight is 389 g/mol. The van der Waals surface area contributed by atoms with Gasteiger partial charge in [0.15, 0.2) is 0 Å². The van der Waals surface area contributed by atoms with Crippen LogP contribution in [0.15, 0.2) is 54.7 Å². The van der Waals surface area contributed by atoms with Crippen molar-refractivity contribution in [3.63, 3.8) is 0 Å². The van der Waals surface area contributed by atoms with Crippen LogP contribution in [0.5, 0.6) is 0 Å². The van der Waals surface area contributed by atoms with Gasteiger partial charge in [-0.15, -0.1) is 0 Å². The van der Waals surface area contributed by atoms with Gasteiger partial charge in [0.25, 0.3) is 0 Å². The molecule has 2 aromatic heterocycles. The van der Waals surface area contributed by atoms with Crippen molar-refractivity contribution in [2.24, 2.45) is 0 Å². The molecule has 4 aromatic rings. The third-order valence-electron chi connectivity index (χ3n) is 5.08. The highest BCUT2D eigenvalue weighted by Gasteiger charge is 2.17. The molecular weight excluding hydrogens is 366 g/mol. The number of benzene rings is 2. The molecule has 0 atom stereocenters. The van der Waals surface area contributed by atoms with Crippen LogP contribution in [0.3, 0.4) is 0 Å². The number of rotatable bonds is 5. The Bertz CT molecular complexity index is 1200. The number of hydrogen-bond donors (Lipinski definition) is 1. The van der Waals surface area contributed by atoms with Gasteiger partial charge in [-0.05, 0) is 36.1 Å². The largest absolute Gasteiger partial charge is 0.453 e. The van der Waals surface area contributed by atoms with Gasteiger partial charge in [0, 0.05) is 36.4 Å². The van der Waals surface area contributed by atoms with E-state index in [0.717, 1.165) is 39.8 Å². The number of aromatic nitrogens is 2. The van der Waals surface area contributed by atoms with Crippen LogP contribution < -0.4 is 5.32 Å². The Kier molecular flexibility index (Phi) is 5.18. The van der Waals surface area contributed by atoms with Crippen molar-refractivity contribution in [1.82, 2.24) is 9.38 Å². The van der Waals surface area contributed by atoms with Gasteiger partial charge >= 0.3 is 6.09 Å². The quantitative estimate of drug-likeness (QED) is 0.531. The number of nitrogens with one attached hydrogen (secondary N) is 1. The number of nitrogens with zero attached hydrogens (tertiary/aromatic N) is 2. The highest BCUT2D eigenvalue weighted by atomic mass is 16.5. The lowest BCUT2D eigenvalue weighted by Gasteiger charge is -2.08. The van der Waals surface area contributed by atoms with Crippen LogP contribution >= 0.6 is 0 Å². The average Bonchev–Trinajstić information content (AvgIpc) is 3.11. The van der Waals surface area contributed by atoms with E-state index in [1.165, 1.54) is 12.7 Å². The van der Waals surface area contributed by atoms with Crippen molar-refractivity contribution in [2.45, 2.75) is 13.3 Å². The predicted molar refractivity (Wildman–Crippen MR) is 114 cm³/mol. The van der Waals surface area contributed by atoms with E-state index < -0.39 is 6.09 Å². The number of hydrogen-bond acceptors (Lipinski definition) is 4. The standard InChI is InChI=1S/C23H23N3O3/c1-15-6-4-5-7-18(15)21-20(11-13-28-2)26-12-10-16-8-9-17(24-23(27)29-3)14-19(16)22(26)25-21/h4-10,12,14H,11,13H2,1-3H3,(H,24,27). The number of amides is 1. The maximum atomic E-state index is 11.6. The van der Waals surface area contributed by atoms with E-state index in [2.05, 4.69) is 34.8 Å². The van der Waals surface area contributed by atoms with Crippen molar-refractivity contribution in [2.75, 3.05) is 26.1 Å². The summed E-state index contributed by atoms with van der Waals surface area (Å²) in [6, 6.07) is 16.1. The number of carbonyl (C=O) groups excluding carboxylic acids is 1. The van der Waals surface area contributed by atoms with Gasteiger partial charge < -0.3 is 13.9 Å². The van der Waals surface area contributed by atoms with Gasteiger partial charge in [0.05, 0.1) is 25.1 Å². The van der Waals surface area contributed by atoms with Crippen molar-refractivity contribution in [3.05, 3.63) is 66.0 Å². The minimum Gasteiger partial charge on any atom is -0.453 e. The van der Waals surface area contributed by atoms with Crippen LogP contribution in [0.2, 0.25) is 0 Å². The van der Waals surface area contributed by atoms with E-state index in [4.69, 9.17) is 14.5 Å². The summed E-state index contributed by atoms with van der Waals surface area (Å²) in [4.78, 5) is 16.6. The minimum atomic E-state index is -0.499. The fourth-order valence-corrected chi connectivity index (χ4v) is 3.61. The lowest BCUT2D eigenvalue weighted by molar-refractivity contribution is 0.187. The Labute approximate surface area is 169 Å². The Morgan fingerprint density at radius 2 is 1.97 bits per heavy atom. The van der Waals surface area contributed by atoms with E-state index >= 15 is 0 Å². The van der Waals surface area contributed by atoms with Crippen molar-refractivity contribution < 1.29 is 14.3 Å². The molecule has 0 bridgehead atoms. The molecular formula is C23H23N3O3. The summed E-state index contributed by atoms with van der Waals surface area (Å²) in [5.74, 6) is 0. The molecule has 2 aromatic carbocycles. The van der Waals surface area contributed by atoms with E-state index in [0.29, 0.717) is 12.3 Å². The van der Waals surface area contributed by atoms with Gasteiger partial charge in [-0.3, -0.25) is 5.32 Å². The SMILES string of the molecule is COCCc1c(-c2ccccc2C)nc2c3cc(NC(=O)OC)ccc3ccn12. The Morgan fingerprint density at radius 1 is 1.14 bits per heavy atom. The highest BCUT2D eigenvalue weighted by Crippen LogP contribution is 2.31. The molecule has 0 aliphatic carbocycles. The van der Waals surface area contributed by atoms with Gasteiger partial charge in [0.2, 0.25) is 0 Å². The number of ether oxygens (including phenoxy) is 2. The maximum Gasteiger partial charge on any atom is 0.411 e. The van der Waals surface area contributed by atoms with Crippen LogP contribution in [0, 0.1) is 6.92 Å². The zero-order chi connectivity index (χ0) is 20.4. The fourth-order valence-electron chi connectivity index (χ4n) is 3.61. The first kappa shape index (κ1) is 19.0. The highest BCUT2D eigenvalue weighted by molar-refractivity contribution is 5.99. The molecule has 0 aliphatic rings. The first-order valence-corrected chi connectivity index (χ1v) is 9.46. The normalized spacial score (nSPS) is 11.1. The predicted octanol–water partition coefficient (Wildman–Crippen LogP) is 4.83. The second kappa shape index (κ2) is 7.93. The molecule has 2 heterocycles. The van der Waals surface area contributed by atoms with Crippen molar-refractivity contribution in [3.8, 4) is 11.3 Å². The van der Waals surface area contributed by atoms with Gasteiger partial charge in [-0.25, -0.2) is 9.78 Å². The van der Waals surface area contributed by atoms with Crippen molar-refractivity contribution >= 4 is 28.2 Å². The smallest absolute Gasteiger partial charge is 0.411 e. The van der Waals surface area contributed by atoms with Crippen LogP contribution in [0.25, 0.3) is 27.7 Å². The Morgan fingerprint density at radius 3 is 2.72 bits per heavy atom. The summed E-state index contributed by atoms with van der Waals surface area (Å²) < 4.78 is 12.2. The Balaban J connectivity index is 1.95. The molecule has 6 heteroatoms. The van der Waals surface area contributed by atoms with Gasteiger partial charge in [0.1, 0.15) is 5.65 Å². The molecule has 0 saturated heterocycles. The summed E-state index contributed by atoms with van der Waals surface area (Å²) in [6.45, 7) is 2.70. The zero-order valence-electron chi connectivity index (χ0n) is 16.7. The molecule has 4 rings (SSSR count). The summed E-state index contributed by atoms with van der Waals surface area (Å²) in [7, 11) is 3.05. The third kappa shape index (κ3) is 3.54. The van der Waals surface area contributed by atoms with Crippen LogP contribution in [-0.4, -0.2) is 36.3 Å². The molecule has 0 radical (unpaired) electrons. The van der Waals surface area contributed by atoms with Gasteiger partial charge in [-0.2, -0.15) is 0 Å². The number of pyridine rings is 1. The lowest BCUT2D eigenvalue weighted by Crippen LogP contribution is -2.10. The van der Waals surface area contributed by atoms with Crippen LogP contribution in [0.4, 0.5) is 10.5 Å². The van der Waals surface area contributed by atoms with Crippen LogP contribution in [-0.2, 0) is 15.9 Å². The fraction of sp³-hybridized carbons (Fsp3) is 0.217. The molecule has 0 saturated carbocycles. The number of imidazole rings is 1. The Hall–Kier alpha value is -3.38. The summed E-state index contributed by atoms with van der Waals surface area (Å²) in [5, 5.41) is 4.73. The van der Waals surface area contributed by atoms with Crippen LogP contribution in [0.1, 0.15) is 11.3 Å².